The third-order valence-corrected chi connectivity index (χ3v) is 7.20. The zero-order valence-electron chi connectivity index (χ0n) is 23.3. The number of halogens is 1. The summed E-state index contributed by atoms with van der Waals surface area (Å²) in [6, 6.07) is 1.71. The van der Waals surface area contributed by atoms with Gasteiger partial charge in [0, 0.05) is 39.3 Å². The second-order valence-electron chi connectivity index (χ2n) is 11.0. The Kier molecular flexibility index (Phi) is 10.8. The molecule has 11 heteroatoms. The fourth-order valence-corrected chi connectivity index (χ4v) is 5.15. The van der Waals surface area contributed by atoms with E-state index in [-0.39, 0.29) is 40.2 Å². The maximum absolute atomic E-state index is 13.4. The monoisotopic (exact) mass is 551 g/mol. The fourth-order valence-electron chi connectivity index (χ4n) is 5.00. The second kappa shape index (κ2) is 13.6. The lowest BCUT2D eigenvalue weighted by Crippen LogP contribution is -2.50. The van der Waals surface area contributed by atoms with Crippen molar-refractivity contribution in [1.29, 1.82) is 0 Å². The molecule has 2 aliphatic heterocycles. The molecule has 2 fully saturated rings. The van der Waals surface area contributed by atoms with Crippen LogP contribution >= 0.6 is 11.6 Å². The molecule has 2 atom stereocenters. The Morgan fingerprint density at radius 1 is 1.26 bits per heavy atom. The third kappa shape index (κ3) is 8.54. The number of likely N-dealkylation sites (tertiary alicyclic amines) is 1. The number of carbonyl (C=O) groups is 3. The Bertz CT molecular complexity index is 979. The number of nitrogens with zero attached hydrogens (tertiary/aromatic N) is 4. The second-order valence-corrected chi connectivity index (χ2v) is 11.4. The van der Waals surface area contributed by atoms with Crippen molar-refractivity contribution < 1.29 is 23.9 Å². The molecule has 0 aliphatic carbocycles. The van der Waals surface area contributed by atoms with Crippen molar-refractivity contribution in [2.24, 2.45) is 5.92 Å². The number of anilines is 1. The van der Waals surface area contributed by atoms with Gasteiger partial charge in [-0.3, -0.25) is 19.8 Å². The van der Waals surface area contributed by atoms with Crippen LogP contribution in [-0.2, 0) is 14.3 Å². The summed E-state index contributed by atoms with van der Waals surface area (Å²) in [5.41, 5.74) is -0.186. The Labute approximate surface area is 231 Å². The van der Waals surface area contributed by atoms with E-state index in [4.69, 9.17) is 21.1 Å². The summed E-state index contributed by atoms with van der Waals surface area (Å²) in [4.78, 5) is 48.7. The van der Waals surface area contributed by atoms with Crippen LogP contribution in [0.1, 0.15) is 63.7 Å². The van der Waals surface area contributed by atoms with Gasteiger partial charge in [0.15, 0.2) is 0 Å². The number of carbonyl (C=O) groups excluding carboxylic acids is 3. The summed E-state index contributed by atoms with van der Waals surface area (Å²) in [7, 11) is 1.74. The number of hydrogen-bond acceptors (Lipinski definition) is 7. The van der Waals surface area contributed by atoms with Crippen LogP contribution < -0.4 is 5.32 Å². The van der Waals surface area contributed by atoms with Crippen molar-refractivity contribution in [3.8, 4) is 0 Å². The minimum Gasteiger partial charge on any atom is -0.444 e. The largest absolute Gasteiger partial charge is 0.444 e. The maximum Gasteiger partial charge on any atom is 0.412 e. The summed E-state index contributed by atoms with van der Waals surface area (Å²) < 4.78 is 10.7. The van der Waals surface area contributed by atoms with Crippen LogP contribution in [0.15, 0.2) is 12.3 Å². The van der Waals surface area contributed by atoms with Gasteiger partial charge in [0.1, 0.15) is 10.8 Å². The van der Waals surface area contributed by atoms with Crippen LogP contribution in [0.4, 0.5) is 10.5 Å². The molecule has 2 saturated heterocycles. The van der Waals surface area contributed by atoms with E-state index in [9.17, 15) is 14.4 Å². The summed E-state index contributed by atoms with van der Waals surface area (Å²) in [5, 5.41) is 2.78. The van der Waals surface area contributed by atoms with Crippen molar-refractivity contribution in [3.63, 3.8) is 0 Å². The van der Waals surface area contributed by atoms with E-state index in [0.29, 0.717) is 32.8 Å². The van der Waals surface area contributed by atoms with Crippen molar-refractivity contribution >= 4 is 35.2 Å². The smallest absolute Gasteiger partial charge is 0.412 e. The van der Waals surface area contributed by atoms with E-state index in [2.05, 4.69) is 22.1 Å². The molecule has 212 valence electrons. The number of amides is 3. The molecule has 0 radical (unpaired) electrons. The highest BCUT2D eigenvalue weighted by atomic mass is 35.5. The predicted molar refractivity (Wildman–Crippen MR) is 146 cm³/mol. The summed E-state index contributed by atoms with van der Waals surface area (Å²) in [5.74, 6) is -0.0235. The van der Waals surface area contributed by atoms with Gasteiger partial charge in [0.25, 0.3) is 5.91 Å². The Balaban J connectivity index is 1.60. The van der Waals surface area contributed by atoms with Crippen LogP contribution in [0.25, 0.3) is 0 Å². The number of pyridine rings is 1. The SMILES string of the molecule is CCC(CCN(C)C(=O)c1cc(Cl)ncc1NC(=O)OC(C)(C)C)N1CCCC(C(=O)N2CCOCC2)C1. The number of piperidine rings is 1. The van der Waals surface area contributed by atoms with E-state index >= 15 is 0 Å². The third-order valence-electron chi connectivity index (χ3n) is 6.99. The summed E-state index contributed by atoms with van der Waals surface area (Å²) >= 11 is 6.09. The van der Waals surface area contributed by atoms with Crippen molar-refractivity contribution in [2.45, 2.75) is 65.0 Å². The molecule has 1 N–H and O–H groups in total. The van der Waals surface area contributed by atoms with Gasteiger partial charge >= 0.3 is 6.09 Å². The van der Waals surface area contributed by atoms with Gasteiger partial charge in [0.2, 0.25) is 5.91 Å². The molecular formula is C27H42ClN5O5. The highest BCUT2D eigenvalue weighted by molar-refractivity contribution is 6.30. The molecule has 3 heterocycles. The zero-order chi connectivity index (χ0) is 27.9. The van der Waals surface area contributed by atoms with Gasteiger partial charge in [-0.25, -0.2) is 9.78 Å². The Morgan fingerprint density at radius 2 is 1.97 bits per heavy atom. The first-order chi connectivity index (χ1) is 18.0. The number of nitrogens with one attached hydrogen (secondary N) is 1. The van der Waals surface area contributed by atoms with E-state index in [1.165, 1.54) is 12.3 Å². The molecule has 0 saturated carbocycles. The molecule has 2 unspecified atom stereocenters. The van der Waals surface area contributed by atoms with Crippen molar-refractivity contribution in [2.75, 3.05) is 58.3 Å². The average Bonchev–Trinajstić information content (AvgIpc) is 2.88. The molecule has 1 aromatic heterocycles. The van der Waals surface area contributed by atoms with Crippen LogP contribution in [0.3, 0.4) is 0 Å². The number of morpholine rings is 1. The van der Waals surface area contributed by atoms with Crippen LogP contribution in [0.2, 0.25) is 5.15 Å². The molecule has 0 bridgehead atoms. The normalized spacial score (nSPS) is 19.5. The standard InChI is InChI=1S/C27H42ClN5O5/c1-6-20(33-10-7-8-19(18-33)24(34)32-12-14-37-15-13-32)9-11-31(5)25(35)21-16-23(28)29-17-22(21)30-26(36)38-27(2,3)4/h16-17,19-20H,6-15,18H2,1-5H3,(H,30,36). The van der Waals surface area contributed by atoms with Gasteiger partial charge in [-0.05, 0) is 59.1 Å². The molecule has 1 aromatic rings. The first kappa shape index (κ1) is 30.1. The van der Waals surface area contributed by atoms with E-state index in [1.807, 2.05) is 4.90 Å². The van der Waals surface area contributed by atoms with Gasteiger partial charge < -0.3 is 19.3 Å². The van der Waals surface area contributed by atoms with Crippen molar-refractivity contribution in [3.05, 3.63) is 23.0 Å². The summed E-state index contributed by atoms with van der Waals surface area (Å²) in [6.07, 6.45) is 4.29. The fraction of sp³-hybridized carbons (Fsp3) is 0.704. The van der Waals surface area contributed by atoms with Crippen molar-refractivity contribution in [1.82, 2.24) is 19.7 Å². The lowest BCUT2D eigenvalue weighted by atomic mass is 9.94. The topological polar surface area (TPSA) is 104 Å². The Morgan fingerprint density at radius 3 is 2.63 bits per heavy atom. The van der Waals surface area contributed by atoms with Gasteiger partial charge in [0.05, 0.1) is 36.6 Å². The van der Waals surface area contributed by atoms with E-state index in [1.54, 1.807) is 32.7 Å². The molecule has 0 spiro atoms. The highest BCUT2D eigenvalue weighted by Crippen LogP contribution is 2.25. The molecular weight excluding hydrogens is 510 g/mol. The van der Waals surface area contributed by atoms with E-state index in [0.717, 1.165) is 38.8 Å². The first-order valence-corrected chi connectivity index (χ1v) is 13.9. The number of ether oxygens (including phenoxy) is 2. The van der Waals surface area contributed by atoms with Gasteiger partial charge in [-0.2, -0.15) is 0 Å². The maximum atomic E-state index is 13.4. The number of aromatic nitrogens is 1. The summed E-state index contributed by atoms with van der Waals surface area (Å²) in [6.45, 7) is 12.2. The quantitative estimate of drug-likeness (QED) is 0.489. The first-order valence-electron chi connectivity index (χ1n) is 13.5. The van der Waals surface area contributed by atoms with E-state index < -0.39 is 11.7 Å². The molecule has 3 rings (SSSR count). The predicted octanol–water partition coefficient (Wildman–Crippen LogP) is 3.89. The zero-order valence-corrected chi connectivity index (χ0v) is 24.1. The van der Waals surface area contributed by atoms with Gasteiger partial charge in [-0.1, -0.05) is 18.5 Å². The minimum atomic E-state index is -0.680. The number of hydrogen-bond donors (Lipinski definition) is 1. The Hall–Kier alpha value is -2.43. The lowest BCUT2D eigenvalue weighted by Gasteiger charge is -2.40. The average molecular weight is 552 g/mol. The lowest BCUT2D eigenvalue weighted by molar-refractivity contribution is -0.141. The van der Waals surface area contributed by atoms with Gasteiger partial charge in [-0.15, -0.1) is 0 Å². The minimum absolute atomic E-state index is 0.00992. The molecule has 3 amide bonds. The molecule has 38 heavy (non-hydrogen) atoms. The van der Waals surface area contributed by atoms with Crippen LogP contribution in [0, 0.1) is 5.92 Å². The molecule has 2 aliphatic rings. The molecule has 10 nitrogen and oxygen atoms in total. The number of rotatable bonds is 8. The van der Waals surface area contributed by atoms with Crippen LogP contribution in [0.5, 0.6) is 0 Å². The van der Waals surface area contributed by atoms with Crippen LogP contribution in [-0.4, -0.2) is 102 Å². The highest BCUT2D eigenvalue weighted by Gasteiger charge is 2.32. The molecule has 0 aromatic carbocycles.